The van der Waals surface area contributed by atoms with Crippen LogP contribution in [-0.2, 0) is 0 Å². The van der Waals surface area contributed by atoms with Crippen LogP contribution in [0.3, 0.4) is 0 Å². The smallest absolute Gasteiger partial charge is 0.272 e. The second-order valence-corrected chi connectivity index (χ2v) is 10.0. The van der Waals surface area contributed by atoms with E-state index in [1.165, 1.54) is 0 Å². The summed E-state index contributed by atoms with van der Waals surface area (Å²) in [5.74, 6) is -0.356. The number of pyridine rings is 1. The molecule has 0 aliphatic carbocycles. The van der Waals surface area contributed by atoms with E-state index in [2.05, 4.69) is 50.8 Å². The van der Waals surface area contributed by atoms with Gasteiger partial charge in [-0.25, -0.2) is 24.3 Å². The maximum absolute atomic E-state index is 14.8. The molecule has 5 rings (SSSR count). The SMILES string of the molecule is CCN1CCN(C(=O)c2ccc(Nc3ncc(F)c(-c4ccc5sc(N(CC)CC)nc5c4)n3)cn2)CC1. The Morgan fingerprint density at radius 1 is 1.03 bits per heavy atom. The fourth-order valence-electron chi connectivity index (χ4n) is 4.47. The normalized spacial score (nSPS) is 14.2. The standard InChI is InChI=1S/C27H31FN8OS/c1-4-34-11-13-36(14-12-34)25(37)21-9-8-19(16-29-21)31-26-30-17-20(28)24(33-26)18-7-10-23-22(15-18)32-27(38-23)35(5-2)6-3/h7-10,15-17H,4-6,11-14H2,1-3H3,(H,30,31,33). The number of thiazole rings is 1. The summed E-state index contributed by atoms with van der Waals surface area (Å²) < 4.78 is 15.8. The van der Waals surface area contributed by atoms with E-state index in [0.29, 0.717) is 30.0 Å². The second-order valence-electron chi connectivity index (χ2n) is 9.02. The Hall–Kier alpha value is -3.70. The number of halogens is 1. The molecule has 0 bridgehead atoms. The number of hydrogen-bond donors (Lipinski definition) is 1. The summed E-state index contributed by atoms with van der Waals surface area (Å²) in [4.78, 5) is 36.8. The minimum atomic E-state index is -0.517. The lowest BCUT2D eigenvalue weighted by Gasteiger charge is -2.33. The van der Waals surface area contributed by atoms with Gasteiger partial charge >= 0.3 is 0 Å². The van der Waals surface area contributed by atoms with Gasteiger partial charge in [0.05, 0.1) is 28.3 Å². The van der Waals surface area contributed by atoms with Crippen molar-refractivity contribution >= 4 is 44.2 Å². The van der Waals surface area contributed by atoms with Crippen molar-refractivity contribution in [2.24, 2.45) is 0 Å². The zero-order chi connectivity index (χ0) is 26.6. The summed E-state index contributed by atoms with van der Waals surface area (Å²) >= 11 is 1.62. The van der Waals surface area contributed by atoms with Crippen molar-refractivity contribution in [2.45, 2.75) is 20.8 Å². The monoisotopic (exact) mass is 534 g/mol. The number of piperazine rings is 1. The number of fused-ring (bicyclic) bond motifs is 1. The number of nitrogens with one attached hydrogen (secondary N) is 1. The van der Waals surface area contributed by atoms with E-state index >= 15 is 0 Å². The molecule has 11 heteroatoms. The van der Waals surface area contributed by atoms with E-state index in [1.807, 2.05) is 23.1 Å². The number of benzene rings is 1. The molecule has 1 aliphatic heterocycles. The number of hydrogen-bond acceptors (Lipinski definition) is 9. The molecule has 1 aromatic carbocycles. The Morgan fingerprint density at radius 3 is 2.50 bits per heavy atom. The lowest BCUT2D eigenvalue weighted by molar-refractivity contribution is 0.0637. The first-order chi connectivity index (χ1) is 18.5. The van der Waals surface area contributed by atoms with Crippen LogP contribution in [0.1, 0.15) is 31.3 Å². The number of nitrogens with zero attached hydrogens (tertiary/aromatic N) is 7. The Morgan fingerprint density at radius 2 is 1.82 bits per heavy atom. The van der Waals surface area contributed by atoms with E-state index in [0.717, 1.165) is 54.3 Å². The van der Waals surface area contributed by atoms with E-state index in [-0.39, 0.29) is 17.5 Å². The van der Waals surface area contributed by atoms with E-state index in [9.17, 15) is 9.18 Å². The summed E-state index contributed by atoms with van der Waals surface area (Å²) in [7, 11) is 0. The molecule has 0 unspecified atom stereocenters. The maximum Gasteiger partial charge on any atom is 0.272 e. The third-order valence-electron chi connectivity index (χ3n) is 6.77. The lowest BCUT2D eigenvalue weighted by atomic mass is 10.1. The predicted molar refractivity (Wildman–Crippen MR) is 150 cm³/mol. The van der Waals surface area contributed by atoms with Gasteiger partial charge < -0.3 is 20.0 Å². The van der Waals surface area contributed by atoms with E-state index in [4.69, 9.17) is 4.98 Å². The average molecular weight is 535 g/mol. The first-order valence-corrected chi connectivity index (χ1v) is 13.7. The third kappa shape index (κ3) is 5.44. The van der Waals surface area contributed by atoms with Crippen molar-refractivity contribution in [1.82, 2.24) is 29.7 Å². The first kappa shape index (κ1) is 25.9. The van der Waals surface area contributed by atoms with Gasteiger partial charge in [0, 0.05) is 44.8 Å². The molecule has 0 spiro atoms. The van der Waals surface area contributed by atoms with Gasteiger partial charge in [-0.1, -0.05) is 24.3 Å². The van der Waals surface area contributed by atoms with Crippen molar-refractivity contribution < 1.29 is 9.18 Å². The Labute approximate surface area is 225 Å². The zero-order valence-electron chi connectivity index (χ0n) is 21.8. The molecule has 198 valence electrons. The van der Waals surface area contributed by atoms with Crippen LogP contribution in [-0.4, -0.2) is 81.5 Å². The number of amides is 1. The highest BCUT2D eigenvalue weighted by Crippen LogP contribution is 2.32. The fourth-order valence-corrected chi connectivity index (χ4v) is 5.55. The summed E-state index contributed by atoms with van der Waals surface area (Å²) in [5.41, 5.74) is 2.62. The minimum Gasteiger partial charge on any atom is -0.349 e. The van der Waals surface area contributed by atoms with Crippen LogP contribution < -0.4 is 10.2 Å². The largest absolute Gasteiger partial charge is 0.349 e. The van der Waals surface area contributed by atoms with Crippen LogP contribution in [0.4, 0.5) is 21.2 Å². The molecule has 1 fully saturated rings. The summed E-state index contributed by atoms with van der Waals surface area (Å²) in [6, 6.07) is 9.10. The maximum atomic E-state index is 14.8. The van der Waals surface area contributed by atoms with Crippen molar-refractivity contribution in [3.8, 4) is 11.3 Å². The molecule has 9 nitrogen and oxygen atoms in total. The van der Waals surface area contributed by atoms with Crippen molar-refractivity contribution in [1.29, 1.82) is 0 Å². The highest BCUT2D eigenvalue weighted by molar-refractivity contribution is 7.22. The summed E-state index contributed by atoms with van der Waals surface area (Å²) in [6.07, 6.45) is 2.72. The Bertz CT molecular complexity index is 1410. The molecule has 1 N–H and O–H groups in total. The molecule has 1 amide bonds. The zero-order valence-corrected chi connectivity index (χ0v) is 22.6. The van der Waals surface area contributed by atoms with Gasteiger partial charge in [-0.3, -0.25) is 4.79 Å². The van der Waals surface area contributed by atoms with Gasteiger partial charge in [0.25, 0.3) is 5.91 Å². The van der Waals surface area contributed by atoms with Crippen LogP contribution in [0.2, 0.25) is 0 Å². The molecule has 1 saturated heterocycles. The number of likely N-dealkylation sites (N-methyl/N-ethyl adjacent to an activating group) is 1. The van der Waals surface area contributed by atoms with Gasteiger partial charge in [0.2, 0.25) is 5.95 Å². The molecule has 4 heterocycles. The fraction of sp³-hybridized carbons (Fsp3) is 0.370. The highest BCUT2D eigenvalue weighted by Gasteiger charge is 2.22. The Kier molecular flexibility index (Phi) is 7.75. The molecule has 3 aromatic heterocycles. The van der Waals surface area contributed by atoms with Crippen molar-refractivity contribution in [3.05, 3.63) is 54.2 Å². The molecular formula is C27H31FN8OS. The second kappa shape index (κ2) is 11.4. The molecule has 38 heavy (non-hydrogen) atoms. The van der Waals surface area contributed by atoms with Crippen LogP contribution >= 0.6 is 11.3 Å². The van der Waals surface area contributed by atoms with Crippen LogP contribution in [0.25, 0.3) is 21.5 Å². The molecule has 4 aromatic rings. The molecule has 0 radical (unpaired) electrons. The van der Waals surface area contributed by atoms with Gasteiger partial charge in [0.15, 0.2) is 10.9 Å². The molecular weight excluding hydrogens is 503 g/mol. The highest BCUT2D eigenvalue weighted by atomic mass is 32.1. The van der Waals surface area contributed by atoms with Gasteiger partial charge in [-0.05, 0) is 44.7 Å². The number of carbonyl (C=O) groups is 1. The number of anilines is 3. The molecule has 0 saturated carbocycles. The van der Waals surface area contributed by atoms with Crippen molar-refractivity contribution in [3.63, 3.8) is 0 Å². The van der Waals surface area contributed by atoms with Crippen LogP contribution in [0.5, 0.6) is 0 Å². The summed E-state index contributed by atoms with van der Waals surface area (Å²) in [5, 5.41) is 4.02. The first-order valence-electron chi connectivity index (χ1n) is 12.9. The third-order valence-corrected chi connectivity index (χ3v) is 7.87. The van der Waals surface area contributed by atoms with Gasteiger partial charge in [-0.15, -0.1) is 0 Å². The van der Waals surface area contributed by atoms with Crippen LogP contribution in [0, 0.1) is 5.82 Å². The molecule has 1 aliphatic rings. The van der Waals surface area contributed by atoms with Crippen molar-refractivity contribution in [2.75, 3.05) is 56.0 Å². The average Bonchev–Trinajstić information content (AvgIpc) is 3.38. The van der Waals surface area contributed by atoms with Crippen LogP contribution in [0.15, 0.2) is 42.7 Å². The topological polar surface area (TPSA) is 90.4 Å². The number of aromatic nitrogens is 4. The lowest BCUT2D eigenvalue weighted by Crippen LogP contribution is -2.48. The van der Waals surface area contributed by atoms with E-state index < -0.39 is 5.82 Å². The predicted octanol–water partition coefficient (Wildman–Crippen LogP) is 4.65. The molecule has 0 atom stereocenters. The number of rotatable bonds is 8. The Balaban J connectivity index is 1.31. The quantitative estimate of drug-likeness (QED) is 0.349. The van der Waals surface area contributed by atoms with Gasteiger partial charge in [-0.2, -0.15) is 0 Å². The van der Waals surface area contributed by atoms with Gasteiger partial charge in [0.1, 0.15) is 11.4 Å². The minimum absolute atomic E-state index is 0.0748. The van der Waals surface area contributed by atoms with E-state index in [1.54, 1.807) is 29.7 Å². The summed E-state index contributed by atoms with van der Waals surface area (Å²) in [6.45, 7) is 12.2. The number of carbonyl (C=O) groups excluding carboxylic acids is 1.